The summed E-state index contributed by atoms with van der Waals surface area (Å²) in [5, 5.41) is 11.4. The third-order valence-electron chi connectivity index (χ3n) is 3.92. The Labute approximate surface area is 132 Å². The second-order valence-electron chi connectivity index (χ2n) is 5.26. The average molecular weight is 320 g/mol. The van der Waals surface area contributed by atoms with Crippen molar-refractivity contribution in [3.8, 4) is 0 Å². The number of hydrogen-bond donors (Lipinski definition) is 1. The lowest BCUT2D eigenvalue weighted by molar-refractivity contribution is -0.143. The molecule has 2 heterocycles. The predicted molar refractivity (Wildman–Crippen MR) is 84.9 cm³/mol. The quantitative estimate of drug-likeness (QED) is 0.941. The van der Waals surface area contributed by atoms with Crippen molar-refractivity contribution in [3.63, 3.8) is 0 Å². The van der Waals surface area contributed by atoms with Gasteiger partial charge in [-0.3, -0.25) is 9.69 Å². The number of thiophene rings is 1. The van der Waals surface area contributed by atoms with Gasteiger partial charge in [0.2, 0.25) is 0 Å². The molecule has 0 aliphatic carbocycles. The van der Waals surface area contributed by atoms with Crippen LogP contribution >= 0.6 is 11.3 Å². The number of aliphatic carboxylic acids is 1. The number of carboxylic acid groups (broad SMARTS) is 1. The van der Waals surface area contributed by atoms with Crippen LogP contribution in [-0.2, 0) is 4.79 Å². The van der Waals surface area contributed by atoms with Gasteiger partial charge in [-0.15, -0.1) is 11.3 Å². The highest BCUT2D eigenvalue weighted by molar-refractivity contribution is 7.10. The number of nitrogens with zero attached hydrogens (tertiary/aromatic N) is 2. The van der Waals surface area contributed by atoms with Gasteiger partial charge in [0.15, 0.2) is 0 Å². The summed E-state index contributed by atoms with van der Waals surface area (Å²) in [5.74, 6) is -1.05. The second kappa shape index (κ2) is 6.46. The van der Waals surface area contributed by atoms with Crippen molar-refractivity contribution in [3.05, 3.63) is 52.5 Å². The van der Waals surface area contributed by atoms with Crippen LogP contribution in [0.15, 0.2) is 41.8 Å². The van der Waals surface area contributed by atoms with Gasteiger partial charge in [-0.05, 0) is 35.7 Å². The normalized spacial score (nSPS) is 17.4. The van der Waals surface area contributed by atoms with Gasteiger partial charge >= 0.3 is 5.97 Å². The van der Waals surface area contributed by atoms with E-state index >= 15 is 0 Å². The molecule has 1 saturated heterocycles. The van der Waals surface area contributed by atoms with Crippen LogP contribution in [0.3, 0.4) is 0 Å². The largest absolute Gasteiger partial charge is 0.480 e. The van der Waals surface area contributed by atoms with Crippen molar-refractivity contribution in [2.45, 2.75) is 6.04 Å². The molecule has 1 N–H and O–H groups in total. The van der Waals surface area contributed by atoms with Gasteiger partial charge in [-0.1, -0.05) is 6.07 Å². The second-order valence-corrected chi connectivity index (χ2v) is 6.23. The molecular weight excluding hydrogens is 303 g/mol. The van der Waals surface area contributed by atoms with E-state index < -0.39 is 12.0 Å². The molecule has 1 aromatic heterocycles. The van der Waals surface area contributed by atoms with Gasteiger partial charge in [-0.2, -0.15) is 0 Å². The SMILES string of the molecule is O=C(O)C(c1cccs1)N1CCN(c2ccc(F)cc2)CC1. The summed E-state index contributed by atoms with van der Waals surface area (Å²) < 4.78 is 13.0. The van der Waals surface area contributed by atoms with Crippen molar-refractivity contribution < 1.29 is 14.3 Å². The molecule has 116 valence electrons. The minimum absolute atomic E-state index is 0.244. The van der Waals surface area contributed by atoms with Crippen LogP contribution in [0.1, 0.15) is 10.9 Å². The van der Waals surface area contributed by atoms with E-state index in [4.69, 9.17) is 0 Å². The van der Waals surface area contributed by atoms with Gasteiger partial charge in [0.05, 0.1) is 0 Å². The monoisotopic (exact) mass is 320 g/mol. The lowest BCUT2D eigenvalue weighted by Crippen LogP contribution is -2.49. The number of carbonyl (C=O) groups is 1. The van der Waals surface area contributed by atoms with Crippen LogP contribution in [0.25, 0.3) is 0 Å². The minimum Gasteiger partial charge on any atom is -0.480 e. The summed E-state index contributed by atoms with van der Waals surface area (Å²) >= 11 is 1.47. The summed E-state index contributed by atoms with van der Waals surface area (Å²) in [6.45, 7) is 2.82. The lowest BCUT2D eigenvalue weighted by atomic mass is 10.1. The first-order valence-corrected chi connectivity index (χ1v) is 8.04. The van der Waals surface area contributed by atoms with Crippen LogP contribution < -0.4 is 4.90 Å². The summed E-state index contributed by atoms with van der Waals surface area (Å²) in [7, 11) is 0. The van der Waals surface area contributed by atoms with E-state index in [1.165, 1.54) is 23.5 Å². The molecule has 1 aliphatic heterocycles. The zero-order valence-corrected chi connectivity index (χ0v) is 12.8. The zero-order valence-electron chi connectivity index (χ0n) is 12.0. The number of carboxylic acids is 1. The number of benzene rings is 1. The van der Waals surface area contributed by atoms with E-state index in [0.717, 1.165) is 23.7 Å². The Balaban J connectivity index is 1.68. The zero-order chi connectivity index (χ0) is 15.5. The maximum absolute atomic E-state index is 13.0. The first kappa shape index (κ1) is 15.0. The minimum atomic E-state index is -0.808. The van der Waals surface area contributed by atoms with Gasteiger partial charge in [0.25, 0.3) is 0 Å². The fourth-order valence-corrected chi connectivity index (χ4v) is 3.65. The molecule has 1 aliphatic rings. The van der Waals surface area contributed by atoms with Gasteiger partial charge in [0, 0.05) is 36.7 Å². The molecule has 1 aromatic carbocycles. The molecule has 6 heteroatoms. The maximum atomic E-state index is 13.0. The highest BCUT2D eigenvalue weighted by Crippen LogP contribution is 2.27. The number of anilines is 1. The van der Waals surface area contributed by atoms with E-state index in [9.17, 15) is 14.3 Å². The maximum Gasteiger partial charge on any atom is 0.326 e. The van der Waals surface area contributed by atoms with E-state index in [-0.39, 0.29) is 5.82 Å². The van der Waals surface area contributed by atoms with Crippen LogP contribution in [-0.4, -0.2) is 42.2 Å². The van der Waals surface area contributed by atoms with Gasteiger partial charge in [-0.25, -0.2) is 4.39 Å². The Hall–Kier alpha value is -1.92. The number of halogens is 1. The van der Waals surface area contributed by atoms with E-state index in [2.05, 4.69) is 4.90 Å². The van der Waals surface area contributed by atoms with E-state index in [1.54, 1.807) is 12.1 Å². The Bertz CT molecular complexity index is 622. The molecule has 1 fully saturated rings. The Morgan fingerprint density at radius 3 is 2.36 bits per heavy atom. The number of piperazine rings is 1. The van der Waals surface area contributed by atoms with Crippen LogP contribution in [0, 0.1) is 5.82 Å². The highest BCUT2D eigenvalue weighted by Gasteiger charge is 2.30. The van der Waals surface area contributed by atoms with Crippen molar-refractivity contribution in [1.82, 2.24) is 4.90 Å². The molecule has 0 saturated carbocycles. The Morgan fingerprint density at radius 1 is 1.14 bits per heavy atom. The van der Waals surface area contributed by atoms with E-state index in [1.807, 2.05) is 22.4 Å². The van der Waals surface area contributed by atoms with Crippen molar-refractivity contribution in [2.75, 3.05) is 31.1 Å². The predicted octanol–water partition coefficient (Wildman–Crippen LogP) is 2.84. The topological polar surface area (TPSA) is 43.8 Å². The average Bonchev–Trinajstić information content (AvgIpc) is 3.03. The van der Waals surface area contributed by atoms with Crippen molar-refractivity contribution >= 4 is 23.0 Å². The van der Waals surface area contributed by atoms with Crippen LogP contribution in [0.2, 0.25) is 0 Å². The number of rotatable bonds is 4. The molecule has 0 radical (unpaired) electrons. The number of hydrogen-bond acceptors (Lipinski definition) is 4. The molecule has 1 atom stereocenters. The molecule has 0 bridgehead atoms. The Morgan fingerprint density at radius 2 is 1.82 bits per heavy atom. The third-order valence-corrected chi connectivity index (χ3v) is 4.84. The lowest BCUT2D eigenvalue weighted by Gasteiger charge is -2.38. The first-order chi connectivity index (χ1) is 10.6. The van der Waals surface area contributed by atoms with Gasteiger partial charge in [0.1, 0.15) is 11.9 Å². The van der Waals surface area contributed by atoms with Gasteiger partial charge < -0.3 is 10.0 Å². The summed E-state index contributed by atoms with van der Waals surface area (Å²) in [6, 6.07) is 9.61. The molecule has 0 spiro atoms. The molecule has 0 amide bonds. The first-order valence-electron chi connectivity index (χ1n) is 7.16. The molecular formula is C16H17FN2O2S. The summed E-state index contributed by atoms with van der Waals surface area (Å²) in [6.07, 6.45) is 0. The van der Waals surface area contributed by atoms with Crippen molar-refractivity contribution in [1.29, 1.82) is 0 Å². The molecule has 3 rings (SSSR count). The smallest absolute Gasteiger partial charge is 0.326 e. The standard InChI is InChI=1S/C16H17FN2O2S/c17-12-3-5-13(6-4-12)18-7-9-19(10-8-18)15(16(20)21)14-2-1-11-22-14/h1-6,11,15H,7-10H2,(H,20,21). The Kier molecular flexibility index (Phi) is 4.40. The van der Waals surface area contributed by atoms with E-state index in [0.29, 0.717) is 13.1 Å². The van der Waals surface area contributed by atoms with Crippen LogP contribution in [0.4, 0.5) is 10.1 Å². The van der Waals surface area contributed by atoms with Crippen molar-refractivity contribution in [2.24, 2.45) is 0 Å². The molecule has 1 unspecified atom stereocenters. The fraction of sp³-hybridized carbons (Fsp3) is 0.312. The summed E-state index contributed by atoms with van der Waals surface area (Å²) in [5.41, 5.74) is 0.976. The highest BCUT2D eigenvalue weighted by atomic mass is 32.1. The summed E-state index contributed by atoms with van der Waals surface area (Å²) in [4.78, 5) is 16.6. The fourth-order valence-electron chi connectivity index (χ4n) is 2.79. The van der Waals surface area contributed by atoms with Crippen LogP contribution in [0.5, 0.6) is 0 Å². The molecule has 22 heavy (non-hydrogen) atoms. The third kappa shape index (κ3) is 3.13. The molecule has 4 nitrogen and oxygen atoms in total. The molecule has 2 aromatic rings.